The van der Waals surface area contributed by atoms with Crippen molar-refractivity contribution >= 4 is 46.5 Å². The fourth-order valence-electron chi connectivity index (χ4n) is 3.33. The van der Waals surface area contributed by atoms with Crippen LogP contribution in [0.4, 0.5) is 0 Å². The Bertz CT molecular complexity index is 1060. The predicted molar refractivity (Wildman–Crippen MR) is 119 cm³/mol. The number of rotatable bonds is 4. The Labute approximate surface area is 175 Å². The molecule has 0 heterocycles. The second-order valence-corrected chi connectivity index (χ2v) is 10.5. The van der Waals surface area contributed by atoms with Crippen molar-refractivity contribution in [3.63, 3.8) is 0 Å². The molecule has 0 fully saturated rings. The fraction of sp³-hybridized carbons (Fsp3) is 0.174. The first-order valence-corrected chi connectivity index (χ1v) is 11.4. The van der Waals surface area contributed by atoms with Crippen LogP contribution < -0.4 is 10.6 Å². The number of hydrogen-bond acceptors (Lipinski definition) is 2. The summed E-state index contributed by atoms with van der Waals surface area (Å²) in [6.07, 6.45) is 0. The Morgan fingerprint density at radius 2 is 1.18 bits per heavy atom. The largest absolute Gasteiger partial charge is 0.305 e. The van der Waals surface area contributed by atoms with Crippen molar-refractivity contribution in [3.05, 3.63) is 92.5 Å². The summed E-state index contributed by atoms with van der Waals surface area (Å²) in [6, 6.07) is 16.2. The van der Waals surface area contributed by atoms with Gasteiger partial charge in [-0.25, -0.2) is 0 Å². The van der Waals surface area contributed by atoms with Gasteiger partial charge in [0.1, 0.15) is 0 Å². The minimum absolute atomic E-state index is 0.107. The summed E-state index contributed by atoms with van der Waals surface area (Å²) < 4.78 is 14.7. The van der Waals surface area contributed by atoms with Gasteiger partial charge in [-0.05, 0) is 63.1 Å². The van der Waals surface area contributed by atoms with E-state index in [1.807, 2.05) is 64.1 Å². The number of hydrogen-bond donors (Lipinski definition) is 0. The van der Waals surface area contributed by atoms with Crippen LogP contribution in [0.25, 0.3) is 0 Å². The van der Waals surface area contributed by atoms with Gasteiger partial charge in [0.25, 0.3) is 0 Å². The molecule has 0 spiro atoms. The molecule has 5 heteroatoms. The third-order valence-corrected chi connectivity index (χ3v) is 8.62. The summed E-state index contributed by atoms with van der Waals surface area (Å²) in [5.74, 6) is 0. The van der Waals surface area contributed by atoms with Gasteiger partial charge >= 0.3 is 0 Å². The van der Waals surface area contributed by atoms with Crippen molar-refractivity contribution in [1.29, 1.82) is 0 Å². The van der Waals surface area contributed by atoms with Crippen LogP contribution in [-0.4, -0.2) is 5.52 Å². The van der Waals surface area contributed by atoms with Gasteiger partial charge in [-0.1, -0.05) is 64.7 Å². The smallest absolute Gasteiger partial charge is 0.233 e. The summed E-state index contributed by atoms with van der Waals surface area (Å²) in [6.45, 7) is 7.58. The maximum atomic E-state index is 14.7. The van der Waals surface area contributed by atoms with E-state index in [1.165, 1.54) is 0 Å². The fourth-order valence-corrected chi connectivity index (χ4v) is 7.19. The molecule has 0 aliphatic rings. The monoisotopic (exact) mass is 430 g/mol. The van der Waals surface area contributed by atoms with Crippen molar-refractivity contribution < 1.29 is 9.36 Å². The van der Waals surface area contributed by atoms with Crippen LogP contribution in [0.1, 0.15) is 32.6 Å². The highest BCUT2D eigenvalue weighted by Gasteiger charge is 2.40. The third-order valence-electron chi connectivity index (χ3n) is 4.87. The Balaban J connectivity index is 2.42. The number of carbonyl (C=O) groups is 1. The van der Waals surface area contributed by atoms with Crippen LogP contribution in [0.2, 0.25) is 10.0 Å². The van der Waals surface area contributed by atoms with Gasteiger partial charge < -0.3 is 4.57 Å². The summed E-state index contributed by atoms with van der Waals surface area (Å²) in [5.41, 5.74) is 3.03. The zero-order valence-corrected chi connectivity index (χ0v) is 18.6. The molecule has 0 radical (unpaired) electrons. The van der Waals surface area contributed by atoms with Crippen molar-refractivity contribution in [3.8, 4) is 0 Å². The summed E-state index contributed by atoms with van der Waals surface area (Å²) in [4.78, 5) is 13.8. The van der Waals surface area contributed by atoms with E-state index >= 15 is 0 Å². The zero-order valence-electron chi connectivity index (χ0n) is 16.2. The molecule has 0 aliphatic heterocycles. The maximum absolute atomic E-state index is 14.7. The molecule has 3 rings (SSSR count). The molecule has 3 aromatic rings. The topological polar surface area (TPSA) is 34.1 Å². The van der Waals surface area contributed by atoms with Crippen LogP contribution in [0.3, 0.4) is 0 Å². The Hall–Kier alpha value is -1.86. The molecule has 2 nitrogen and oxygen atoms in total. The highest BCUT2D eigenvalue weighted by molar-refractivity contribution is 7.93. The second-order valence-electron chi connectivity index (χ2n) is 7.09. The van der Waals surface area contributed by atoms with Crippen LogP contribution in [0.5, 0.6) is 0 Å². The first-order chi connectivity index (χ1) is 13.2. The lowest BCUT2D eigenvalue weighted by Crippen LogP contribution is -2.27. The number of aryl methyl sites for hydroxylation is 4. The van der Waals surface area contributed by atoms with Gasteiger partial charge in [0.2, 0.25) is 12.7 Å². The van der Waals surface area contributed by atoms with Crippen molar-refractivity contribution in [1.82, 2.24) is 0 Å². The van der Waals surface area contributed by atoms with E-state index in [1.54, 1.807) is 18.2 Å². The Kier molecular flexibility index (Phi) is 5.87. The first kappa shape index (κ1) is 20.9. The van der Waals surface area contributed by atoms with Crippen LogP contribution in [0.15, 0.2) is 54.6 Å². The molecule has 0 aliphatic carbocycles. The van der Waals surface area contributed by atoms with E-state index in [4.69, 9.17) is 23.2 Å². The molecule has 0 bridgehead atoms. The van der Waals surface area contributed by atoms with Crippen molar-refractivity contribution in [2.75, 3.05) is 0 Å². The van der Waals surface area contributed by atoms with Crippen LogP contribution in [0, 0.1) is 27.7 Å². The molecule has 0 amide bonds. The lowest BCUT2D eigenvalue weighted by atomic mass is 10.2. The van der Waals surface area contributed by atoms with Crippen molar-refractivity contribution in [2.45, 2.75) is 27.7 Å². The molecule has 0 unspecified atom stereocenters. The predicted octanol–water partition coefficient (Wildman–Crippen LogP) is 6.38. The summed E-state index contributed by atoms with van der Waals surface area (Å²) >= 11 is 12.6. The molecule has 0 atom stereocenters. The highest BCUT2D eigenvalue weighted by atomic mass is 35.5. The van der Waals surface area contributed by atoms with Gasteiger partial charge in [0, 0.05) is 10.6 Å². The molecule has 0 N–H and O–H groups in total. The standard InChI is InChI=1S/C23H21Cl2O2P/c1-14-8-10-16(3)20(12-14)28(27,21-13-15(2)9-11-17(21)4)23(26)22-18(24)6-5-7-19(22)25/h5-13H,1-4H3. The zero-order chi connectivity index (χ0) is 20.6. The van der Waals surface area contributed by atoms with E-state index < -0.39 is 12.7 Å². The lowest BCUT2D eigenvalue weighted by molar-refractivity contribution is 0.107. The Morgan fingerprint density at radius 3 is 1.61 bits per heavy atom. The minimum atomic E-state index is -3.73. The molecular formula is C23H21Cl2O2P. The third kappa shape index (κ3) is 3.57. The van der Waals surface area contributed by atoms with Crippen LogP contribution in [-0.2, 0) is 4.57 Å². The quantitative estimate of drug-likeness (QED) is 0.449. The number of halogens is 2. The maximum Gasteiger partial charge on any atom is 0.233 e. The van der Waals surface area contributed by atoms with E-state index in [9.17, 15) is 9.36 Å². The molecular weight excluding hydrogens is 410 g/mol. The molecule has 0 aromatic heterocycles. The van der Waals surface area contributed by atoms with E-state index in [-0.39, 0.29) is 15.6 Å². The minimum Gasteiger partial charge on any atom is -0.305 e. The van der Waals surface area contributed by atoms with Gasteiger partial charge in [-0.2, -0.15) is 0 Å². The van der Waals surface area contributed by atoms with E-state index in [0.29, 0.717) is 10.6 Å². The average molecular weight is 431 g/mol. The summed E-state index contributed by atoms with van der Waals surface area (Å²) in [7, 11) is -3.73. The summed E-state index contributed by atoms with van der Waals surface area (Å²) in [5, 5.41) is 1.46. The first-order valence-electron chi connectivity index (χ1n) is 8.91. The van der Waals surface area contributed by atoms with Gasteiger partial charge in [-0.15, -0.1) is 0 Å². The average Bonchev–Trinajstić information content (AvgIpc) is 2.64. The SMILES string of the molecule is Cc1ccc(C)c(P(=O)(C(=O)c2c(Cl)cccc2Cl)c2cc(C)ccc2C)c1. The van der Waals surface area contributed by atoms with Gasteiger partial charge in [-0.3, -0.25) is 4.79 Å². The van der Waals surface area contributed by atoms with E-state index in [2.05, 4.69) is 0 Å². The second kappa shape index (κ2) is 7.87. The molecule has 3 aromatic carbocycles. The molecule has 0 saturated carbocycles. The van der Waals surface area contributed by atoms with Crippen LogP contribution >= 0.6 is 30.3 Å². The lowest BCUT2D eigenvalue weighted by Gasteiger charge is -2.23. The normalized spacial score (nSPS) is 11.5. The van der Waals surface area contributed by atoms with Gasteiger partial charge in [0.05, 0.1) is 15.6 Å². The van der Waals surface area contributed by atoms with Crippen molar-refractivity contribution in [2.24, 2.45) is 0 Å². The molecule has 28 heavy (non-hydrogen) atoms. The van der Waals surface area contributed by atoms with Gasteiger partial charge in [0.15, 0.2) is 0 Å². The number of benzene rings is 3. The Morgan fingerprint density at radius 1 is 0.750 bits per heavy atom. The number of carbonyl (C=O) groups excluding carboxylic acids is 1. The molecule has 0 saturated heterocycles. The molecule has 144 valence electrons. The highest BCUT2D eigenvalue weighted by Crippen LogP contribution is 2.50. The van der Waals surface area contributed by atoms with E-state index in [0.717, 1.165) is 22.3 Å².